The van der Waals surface area contributed by atoms with Crippen LogP contribution in [0.3, 0.4) is 0 Å². The molecule has 4 nitrogen and oxygen atoms in total. The Balaban J connectivity index is 0.885. The maximum atomic E-state index is 7.03. The summed E-state index contributed by atoms with van der Waals surface area (Å²) in [5, 5.41) is 20.0. The van der Waals surface area contributed by atoms with Crippen LogP contribution < -0.4 is 20.7 Å². The third kappa shape index (κ3) is 4.86. The van der Waals surface area contributed by atoms with Crippen LogP contribution in [-0.2, 0) is 0 Å². The van der Waals surface area contributed by atoms with E-state index in [2.05, 4.69) is 208 Å². The normalized spacial score (nSPS) is 14.6. The Morgan fingerprint density at radius 1 is 0.278 bits per heavy atom. The predicted octanol–water partition coefficient (Wildman–Crippen LogP) is 16.5. The van der Waals surface area contributed by atoms with Crippen LogP contribution in [0, 0.1) is 0 Å². The molecule has 0 bridgehead atoms. The van der Waals surface area contributed by atoms with Crippen LogP contribution in [0.2, 0.25) is 26.2 Å². The third-order valence-corrected chi connectivity index (χ3v) is 24.0. The standard InChI is InChI=1S/C66H42O4Si2/c1-71(2)55-33-48-56(34-47(55)61-57(71)31-45(65-63(61)41-17-9-11-19-49(41)69-65)37-21-25-43-53(29-37)67-51-27-23-35-13-5-7-15-39(35)59(43)51)72(3,4)58-32-46(66-64(62(48)58)42-18-10-12-20-50(42)70-66)38-22-26-44-54(30-38)68-52-28-24-36-14-6-8-16-40(36)60(44)52/h5-34H,1-4H3. The van der Waals surface area contributed by atoms with Gasteiger partial charge in [-0.3, -0.25) is 0 Å². The van der Waals surface area contributed by atoms with Crippen molar-refractivity contribution >= 4 is 146 Å². The summed E-state index contributed by atoms with van der Waals surface area (Å²) in [6, 6.07) is 66.7. The smallest absolute Gasteiger partial charge is 0.143 e. The summed E-state index contributed by atoms with van der Waals surface area (Å²) >= 11 is 0. The van der Waals surface area contributed by atoms with Gasteiger partial charge in [-0.25, -0.2) is 0 Å². The van der Waals surface area contributed by atoms with Gasteiger partial charge in [0.1, 0.15) is 60.8 Å². The van der Waals surface area contributed by atoms with Gasteiger partial charge in [-0.15, -0.1) is 0 Å². The van der Waals surface area contributed by atoms with E-state index in [1.807, 2.05) is 0 Å². The molecule has 0 saturated carbocycles. The van der Waals surface area contributed by atoms with Gasteiger partial charge >= 0.3 is 0 Å². The molecule has 0 fully saturated rings. The van der Waals surface area contributed by atoms with E-state index in [0.29, 0.717) is 0 Å². The van der Waals surface area contributed by atoms with Gasteiger partial charge in [0.25, 0.3) is 0 Å². The minimum Gasteiger partial charge on any atom is -0.456 e. The van der Waals surface area contributed by atoms with Gasteiger partial charge in [0.15, 0.2) is 0 Å². The van der Waals surface area contributed by atoms with Crippen LogP contribution in [0.1, 0.15) is 0 Å². The SMILES string of the molecule is C[Si]1(C)c2cc3c(cc2-c2c1cc(-c1ccc4c(c1)oc1ccc5ccccc5c14)c1oc4ccccc4c21)[Si](C)(C)c1cc(-c2ccc4c(c2)oc2ccc5ccccc5c24)c2oc4ccccc4c2c1-3. The molecule has 0 aliphatic carbocycles. The second-order valence-corrected chi connectivity index (χ2v) is 30.1. The maximum Gasteiger partial charge on any atom is 0.143 e. The molecule has 11 aromatic carbocycles. The second-order valence-electron chi connectivity index (χ2n) is 21.4. The highest BCUT2D eigenvalue weighted by atomic mass is 28.3. The molecule has 6 heterocycles. The summed E-state index contributed by atoms with van der Waals surface area (Å²) in [5.74, 6) is 0. The molecule has 0 N–H and O–H groups in total. The lowest BCUT2D eigenvalue weighted by molar-refractivity contribution is 0.667. The highest BCUT2D eigenvalue weighted by molar-refractivity contribution is 7.06. The van der Waals surface area contributed by atoms with Crippen molar-refractivity contribution in [1.29, 1.82) is 0 Å². The van der Waals surface area contributed by atoms with Crippen LogP contribution in [-0.4, -0.2) is 16.1 Å². The van der Waals surface area contributed by atoms with E-state index >= 15 is 0 Å². The van der Waals surface area contributed by atoms with E-state index < -0.39 is 16.1 Å². The van der Waals surface area contributed by atoms with E-state index in [1.54, 1.807) is 0 Å². The molecule has 2 aliphatic heterocycles. The van der Waals surface area contributed by atoms with E-state index in [1.165, 1.54) is 75.3 Å². The molecule has 0 spiro atoms. The highest BCUT2D eigenvalue weighted by Gasteiger charge is 2.46. The van der Waals surface area contributed by atoms with Crippen molar-refractivity contribution in [2.75, 3.05) is 0 Å². The van der Waals surface area contributed by atoms with E-state index in [9.17, 15) is 0 Å². The summed E-state index contributed by atoms with van der Waals surface area (Å²) in [5.41, 5.74) is 17.1. The number of hydrogen-bond acceptors (Lipinski definition) is 4. The molecule has 0 unspecified atom stereocenters. The lowest BCUT2D eigenvalue weighted by Gasteiger charge is -2.22. The molecule has 2 aliphatic rings. The van der Waals surface area contributed by atoms with Crippen LogP contribution in [0.15, 0.2) is 200 Å². The molecule has 15 aromatic rings. The second kappa shape index (κ2) is 13.3. The molecule has 17 rings (SSSR count). The Bertz CT molecular complexity index is 4680. The van der Waals surface area contributed by atoms with E-state index in [0.717, 1.165) is 99.2 Å². The van der Waals surface area contributed by atoms with Gasteiger partial charge < -0.3 is 17.7 Å². The van der Waals surface area contributed by atoms with Crippen LogP contribution in [0.4, 0.5) is 0 Å². The van der Waals surface area contributed by atoms with Crippen molar-refractivity contribution in [3.8, 4) is 44.5 Å². The Labute approximate surface area is 414 Å². The van der Waals surface area contributed by atoms with E-state index in [4.69, 9.17) is 17.7 Å². The Kier molecular flexibility index (Phi) is 7.26. The minimum absolute atomic E-state index is 0.885. The van der Waals surface area contributed by atoms with Gasteiger partial charge in [0.2, 0.25) is 0 Å². The number of fused-ring (bicyclic) bond motifs is 24. The molecule has 0 atom stereocenters. The largest absolute Gasteiger partial charge is 0.456 e. The number of hydrogen-bond donors (Lipinski definition) is 0. The summed E-state index contributed by atoms with van der Waals surface area (Å²) in [4.78, 5) is 0. The number of furan rings is 4. The summed E-state index contributed by atoms with van der Waals surface area (Å²) < 4.78 is 27.4. The number of benzene rings is 11. The summed E-state index contributed by atoms with van der Waals surface area (Å²) in [6.07, 6.45) is 0. The Hall–Kier alpha value is -8.43. The molecule has 338 valence electrons. The maximum absolute atomic E-state index is 7.03. The first-order valence-electron chi connectivity index (χ1n) is 25.0. The van der Waals surface area contributed by atoms with Gasteiger partial charge in [-0.1, -0.05) is 160 Å². The molecule has 4 aromatic heterocycles. The minimum atomic E-state index is -2.35. The van der Waals surface area contributed by atoms with Gasteiger partial charge in [0, 0.05) is 54.2 Å². The first-order chi connectivity index (χ1) is 35.2. The van der Waals surface area contributed by atoms with Crippen molar-refractivity contribution in [2.24, 2.45) is 0 Å². The van der Waals surface area contributed by atoms with Crippen molar-refractivity contribution in [3.05, 3.63) is 182 Å². The number of rotatable bonds is 2. The van der Waals surface area contributed by atoms with Crippen molar-refractivity contribution < 1.29 is 17.7 Å². The number of para-hydroxylation sites is 2. The molecule has 6 heteroatoms. The van der Waals surface area contributed by atoms with Crippen LogP contribution >= 0.6 is 0 Å². The summed E-state index contributed by atoms with van der Waals surface area (Å²) in [7, 11) is -4.71. The van der Waals surface area contributed by atoms with E-state index in [-0.39, 0.29) is 0 Å². The topological polar surface area (TPSA) is 52.6 Å². The van der Waals surface area contributed by atoms with Crippen molar-refractivity contribution in [2.45, 2.75) is 26.2 Å². The van der Waals surface area contributed by atoms with Crippen molar-refractivity contribution in [3.63, 3.8) is 0 Å². The zero-order chi connectivity index (χ0) is 47.5. The summed E-state index contributed by atoms with van der Waals surface area (Å²) in [6.45, 7) is 10.2. The highest BCUT2D eigenvalue weighted by Crippen LogP contribution is 2.49. The monoisotopic (exact) mass is 954 g/mol. The van der Waals surface area contributed by atoms with Crippen LogP contribution in [0.25, 0.3) is 154 Å². The van der Waals surface area contributed by atoms with Gasteiger partial charge in [-0.2, -0.15) is 0 Å². The fourth-order valence-corrected chi connectivity index (χ4v) is 19.7. The zero-order valence-corrected chi connectivity index (χ0v) is 42.0. The lowest BCUT2D eigenvalue weighted by atomic mass is 9.91. The average Bonchev–Trinajstić information content (AvgIpc) is 4.25. The molecular formula is C66H42O4Si2. The average molecular weight is 955 g/mol. The first kappa shape index (κ1) is 39.3. The zero-order valence-electron chi connectivity index (χ0n) is 40.0. The van der Waals surface area contributed by atoms with Gasteiger partial charge in [-0.05, 0) is 124 Å². The molecule has 0 amide bonds. The van der Waals surface area contributed by atoms with Crippen LogP contribution in [0.5, 0.6) is 0 Å². The first-order valence-corrected chi connectivity index (χ1v) is 31.0. The molecular weight excluding hydrogens is 913 g/mol. The third-order valence-electron chi connectivity index (χ3n) is 17.0. The van der Waals surface area contributed by atoms with Gasteiger partial charge in [0.05, 0.1) is 0 Å². The lowest BCUT2D eigenvalue weighted by Crippen LogP contribution is -2.51. The fraction of sp³-hybridized carbons (Fsp3) is 0.0606. The Morgan fingerprint density at radius 3 is 1.12 bits per heavy atom. The predicted molar refractivity (Wildman–Crippen MR) is 306 cm³/mol. The fourth-order valence-electron chi connectivity index (χ4n) is 13.5. The van der Waals surface area contributed by atoms with Crippen molar-refractivity contribution in [1.82, 2.24) is 0 Å². The quantitative estimate of drug-likeness (QED) is 0.162. The Morgan fingerprint density at radius 2 is 0.667 bits per heavy atom. The molecule has 0 radical (unpaired) electrons. The molecule has 0 saturated heterocycles. The molecule has 72 heavy (non-hydrogen) atoms.